The van der Waals surface area contributed by atoms with Crippen LogP contribution in [-0.4, -0.2) is 50.7 Å². The van der Waals surface area contributed by atoms with Gasteiger partial charge in [0.2, 0.25) is 0 Å². The summed E-state index contributed by atoms with van der Waals surface area (Å²) in [6.07, 6.45) is 10.5. The molecule has 1 aliphatic heterocycles. The van der Waals surface area contributed by atoms with Crippen LogP contribution < -0.4 is 0 Å². The first-order valence-corrected chi connectivity index (χ1v) is 8.49. The van der Waals surface area contributed by atoms with Gasteiger partial charge in [0.1, 0.15) is 6.33 Å². The van der Waals surface area contributed by atoms with Crippen molar-refractivity contribution in [2.75, 3.05) is 19.7 Å². The number of nitrogens with zero attached hydrogens (tertiary/aromatic N) is 4. The molecule has 0 atom stereocenters. The molecule has 1 amide bonds. The van der Waals surface area contributed by atoms with Gasteiger partial charge < -0.3 is 9.64 Å². The Hall–Kier alpha value is -1.95. The van der Waals surface area contributed by atoms with Gasteiger partial charge in [-0.25, -0.2) is 0 Å². The number of pyridine rings is 1. The summed E-state index contributed by atoms with van der Waals surface area (Å²) < 4.78 is 7.93. The molecular formula is C17H22N4O2. The third-order valence-electron chi connectivity index (χ3n) is 5.10. The zero-order chi connectivity index (χ0) is 15.7. The van der Waals surface area contributed by atoms with E-state index in [9.17, 15) is 4.79 Å². The average molecular weight is 314 g/mol. The molecule has 3 heterocycles. The maximum absolute atomic E-state index is 13.0. The number of hydrogen-bond acceptors (Lipinski definition) is 4. The van der Waals surface area contributed by atoms with Crippen molar-refractivity contribution in [1.82, 2.24) is 19.5 Å². The molecule has 0 bridgehead atoms. The second-order valence-corrected chi connectivity index (χ2v) is 6.66. The summed E-state index contributed by atoms with van der Waals surface area (Å²) in [5, 5.41) is 7.99. The quantitative estimate of drug-likeness (QED) is 0.810. The van der Waals surface area contributed by atoms with Crippen LogP contribution in [0.25, 0.3) is 5.65 Å². The molecule has 6 heteroatoms. The van der Waals surface area contributed by atoms with Crippen LogP contribution in [0.3, 0.4) is 0 Å². The number of morpholine rings is 1. The van der Waals surface area contributed by atoms with Crippen molar-refractivity contribution in [2.24, 2.45) is 0 Å². The Bertz CT molecular complexity index is 703. The Morgan fingerprint density at radius 2 is 2.04 bits per heavy atom. The Morgan fingerprint density at radius 3 is 2.87 bits per heavy atom. The van der Waals surface area contributed by atoms with Crippen LogP contribution >= 0.6 is 0 Å². The van der Waals surface area contributed by atoms with Gasteiger partial charge in [0, 0.05) is 12.7 Å². The minimum atomic E-state index is -0.136. The maximum atomic E-state index is 13.0. The number of ether oxygens (including phenoxy) is 1. The molecule has 122 valence electrons. The summed E-state index contributed by atoms with van der Waals surface area (Å²) in [6.45, 7) is 1.97. The van der Waals surface area contributed by atoms with Gasteiger partial charge in [0.05, 0.1) is 24.3 Å². The molecule has 0 N–H and O–H groups in total. The van der Waals surface area contributed by atoms with Crippen LogP contribution in [0.4, 0.5) is 0 Å². The predicted octanol–water partition coefficient (Wildman–Crippen LogP) is 2.29. The van der Waals surface area contributed by atoms with Gasteiger partial charge in [-0.15, -0.1) is 10.2 Å². The molecule has 1 spiro atoms. The van der Waals surface area contributed by atoms with E-state index in [1.54, 1.807) is 10.7 Å². The van der Waals surface area contributed by atoms with E-state index in [4.69, 9.17) is 4.74 Å². The van der Waals surface area contributed by atoms with Gasteiger partial charge >= 0.3 is 0 Å². The van der Waals surface area contributed by atoms with Gasteiger partial charge in [-0.1, -0.05) is 25.7 Å². The first-order chi connectivity index (χ1) is 11.3. The molecule has 23 heavy (non-hydrogen) atoms. The van der Waals surface area contributed by atoms with Gasteiger partial charge in [-0.2, -0.15) is 0 Å². The third-order valence-corrected chi connectivity index (χ3v) is 5.10. The average Bonchev–Trinajstić information content (AvgIpc) is 2.96. The smallest absolute Gasteiger partial charge is 0.257 e. The Kier molecular flexibility index (Phi) is 3.77. The van der Waals surface area contributed by atoms with Crippen LogP contribution in [0.15, 0.2) is 24.7 Å². The molecule has 0 unspecified atom stereocenters. The van der Waals surface area contributed by atoms with Gasteiger partial charge in [-0.05, 0) is 25.0 Å². The molecule has 6 nitrogen and oxygen atoms in total. The lowest BCUT2D eigenvalue weighted by molar-refractivity contribution is -0.107. The molecule has 0 aromatic carbocycles. The van der Waals surface area contributed by atoms with Crippen LogP contribution in [0.2, 0.25) is 0 Å². The second-order valence-electron chi connectivity index (χ2n) is 6.66. The lowest BCUT2D eigenvalue weighted by atomic mass is 9.92. The van der Waals surface area contributed by atoms with Crippen molar-refractivity contribution in [3.05, 3.63) is 30.2 Å². The number of aromatic nitrogens is 3. The zero-order valence-electron chi connectivity index (χ0n) is 13.3. The van der Waals surface area contributed by atoms with Gasteiger partial charge in [0.25, 0.3) is 5.91 Å². The van der Waals surface area contributed by atoms with Crippen molar-refractivity contribution < 1.29 is 9.53 Å². The zero-order valence-corrected chi connectivity index (χ0v) is 13.3. The summed E-state index contributed by atoms with van der Waals surface area (Å²) in [5.74, 6) is 0.0375. The summed E-state index contributed by atoms with van der Waals surface area (Å²) in [7, 11) is 0. The fourth-order valence-electron chi connectivity index (χ4n) is 3.88. The van der Waals surface area contributed by atoms with E-state index in [0.29, 0.717) is 30.9 Å². The highest BCUT2D eigenvalue weighted by atomic mass is 16.5. The normalized spacial score (nSPS) is 21.5. The molecule has 2 aromatic rings. The second kappa shape index (κ2) is 5.92. The van der Waals surface area contributed by atoms with Gasteiger partial charge in [-0.3, -0.25) is 9.20 Å². The molecule has 2 aliphatic rings. The van der Waals surface area contributed by atoms with Crippen molar-refractivity contribution in [2.45, 2.75) is 44.1 Å². The lowest BCUT2D eigenvalue weighted by Gasteiger charge is -2.42. The van der Waals surface area contributed by atoms with E-state index >= 15 is 0 Å². The maximum Gasteiger partial charge on any atom is 0.257 e. The number of hydrogen-bond donors (Lipinski definition) is 0. The monoisotopic (exact) mass is 314 g/mol. The topological polar surface area (TPSA) is 59.7 Å². The van der Waals surface area contributed by atoms with E-state index < -0.39 is 0 Å². The van der Waals surface area contributed by atoms with Crippen molar-refractivity contribution in [3.63, 3.8) is 0 Å². The lowest BCUT2D eigenvalue weighted by Crippen LogP contribution is -2.53. The number of fused-ring (bicyclic) bond motifs is 1. The molecular weight excluding hydrogens is 292 g/mol. The molecule has 2 fully saturated rings. The highest BCUT2D eigenvalue weighted by Gasteiger charge is 2.38. The van der Waals surface area contributed by atoms with E-state index in [-0.39, 0.29) is 11.5 Å². The van der Waals surface area contributed by atoms with E-state index in [1.165, 1.54) is 25.7 Å². The predicted molar refractivity (Wildman–Crippen MR) is 85.3 cm³/mol. The Balaban J connectivity index is 1.59. The first-order valence-electron chi connectivity index (χ1n) is 8.49. The van der Waals surface area contributed by atoms with Gasteiger partial charge in [0.15, 0.2) is 5.65 Å². The Morgan fingerprint density at radius 1 is 1.22 bits per heavy atom. The molecule has 0 radical (unpaired) electrons. The molecule has 1 saturated carbocycles. The number of carbonyl (C=O) groups is 1. The number of amides is 1. The van der Waals surface area contributed by atoms with Crippen molar-refractivity contribution in [1.29, 1.82) is 0 Å². The molecule has 1 saturated heterocycles. The van der Waals surface area contributed by atoms with Crippen LogP contribution in [-0.2, 0) is 4.74 Å². The minimum Gasteiger partial charge on any atom is -0.371 e. The van der Waals surface area contributed by atoms with E-state index in [2.05, 4.69) is 10.2 Å². The highest BCUT2D eigenvalue weighted by molar-refractivity contribution is 5.99. The SMILES string of the molecule is O=C(c1cccn2cnnc12)N1CCOC2(CCCCCC2)C1. The summed E-state index contributed by atoms with van der Waals surface area (Å²) in [4.78, 5) is 15.0. The summed E-state index contributed by atoms with van der Waals surface area (Å²) in [5.41, 5.74) is 1.11. The fraction of sp³-hybridized carbons (Fsp3) is 0.588. The van der Waals surface area contributed by atoms with Crippen LogP contribution in [0, 0.1) is 0 Å². The van der Waals surface area contributed by atoms with Crippen molar-refractivity contribution in [3.8, 4) is 0 Å². The standard InChI is InChI=1S/C17H22N4O2/c22-16(14-6-5-9-21-13-18-19-15(14)21)20-10-11-23-17(12-20)7-3-1-2-4-8-17/h5-6,9,13H,1-4,7-8,10-12H2. The van der Waals surface area contributed by atoms with Crippen LogP contribution in [0.1, 0.15) is 48.9 Å². The minimum absolute atomic E-state index is 0.0375. The Labute approximate surface area is 135 Å². The molecule has 1 aliphatic carbocycles. The fourth-order valence-corrected chi connectivity index (χ4v) is 3.88. The number of rotatable bonds is 1. The summed E-state index contributed by atoms with van der Waals surface area (Å²) >= 11 is 0. The summed E-state index contributed by atoms with van der Waals surface area (Å²) in [6, 6.07) is 3.70. The third kappa shape index (κ3) is 2.72. The van der Waals surface area contributed by atoms with E-state index in [0.717, 1.165) is 12.8 Å². The first kappa shape index (κ1) is 14.6. The molecule has 4 rings (SSSR count). The van der Waals surface area contributed by atoms with Crippen molar-refractivity contribution >= 4 is 11.6 Å². The number of carbonyl (C=O) groups excluding carboxylic acids is 1. The van der Waals surface area contributed by atoms with Crippen LogP contribution in [0.5, 0.6) is 0 Å². The van der Waals surface area contributed by atoms with E-state index in [1.807, 2.05) is 23.2 Å². The highest BCUT2D eigenvalue weighted by Crippen LogP contribution is 2.33. The largest absolute Gasteiger partial charge is 0.371 e. The molecule has 2 aromatic heterocycles.